The molecule has 7 aromatic rings. The number of nitrogen functional groups attached to an aromatic ring is 2. The number of H-pyrrole nitrogens is 2. The molecule has 0 spiro atoms. The van der Waals surface area contributed by atoms with Gasteiger partial charge in [-0.05, 0) is 108 Å². The number of carbonyl (C=O) groups excluding carboxylic acids is 3. The summed E-state index contributed by atoms with van der Waals surface area (Å²) in [7, 11) is 0. The minimum atomic E-state index is -0.532. The number of rotatable bonds is 10. The highest BCUT2D eigenvalue weighted by Gasteiger charge is 2.24. The molecule has 0 aliphatic rings. The Hall–Kier alpha value is -6.49. The van der Waals surface area contributed by atoms with Gasteiger partial charge in [0.05, 0.1) is 22.5 Å². The Bertz CT molecular complexity index is 3390. The summed E-state index contributed by atoms with van der Waals surface area (Å²) in [4.78, 5) is 76.8. The molecule has 428 valence electrons. The van der Waals surface area contributed by atoms with Gasteiger partial charge in [0.15, 0.2) is 0 Å². The predicted molar refractivity (Wildman–Crippen MR) is 325 cm³/mol. The van der Waals surface area contributed by atoms with Crippen LogP contribution < -0.4 is 27.9 Å². The number of aromatic amines is 2. The summed E-state index contributed by atoms with van der Waals surface area (Å²) in [5.41, 5.74) is 14.4. The van der Waals surface area contributed by atoms with Gasteiger partial charge in [-0.2, -0.15) is 0 Å². The van der Waals surface area contributed by atoms with E-state index >= 15 is 0 Å². The van der Waals surface area contributed by atoms with E-state index in [0.717, 1.165) is 5.69 Å². The first-order valence-electron chi connectivity index (χ1n) is 25.1. The number of carbonyl (C=O) groups is 3. The number of Topliss-reactive ketones (excluding diaryl/α,β-unsaturated/α-hetero) is 2. The van der Waals surface area contributed by atoms with Crippen molar-refractivity contribution in [2.24, 2.45) is 16.2 Å². The number of hydrogen-bond acceptors (Lipinski definition) is 11. The van der Waals surface area contributed by atoms with Crippen molar-refractivity contribution < 1.29 is 23.2 Å². The van der Waals surface area contributed by atoms with Crippen molar-refractivity contribution in [1.82, 2.24) is 24.9 Å². The number of nitrogens with one attached hydrogen (secondary N) is 3. The normalized spacial score (nSPS) is 11.2. The van der Waals surface area contributed by atoms with Gasteiger partial charge in [0.2, 0.25) is 5.24 Å². The number of aromatic nitrogens is 5. The Morgan fingerprint density at radius 3 is 1.34 bits per heavy atom. The molecule has 0 atom stereocenters. The van der Waals surface area contributed by atoms with Gasteiger partial charge in [-0.1, -0.05) is 136 Å². The van der Waals surface area contributed by atoms with Gasteiger partial charge in [-0.15, -0.1) is 0 Å². The fourth-order valence-electron chi connectivity index (χ4n) is 6.58. The second kappa shape index (κ2) is 29.8. The van der Waals surface area contributed by atoms with E-state index in [0.29, 0.717) is 66.5 Å². The second-order valence-electron chi connectivity index (χ2n) is 22.0. The van der Waals surface area contributed by atoms with Crippen LogP contribution in [0.4, 0.5) is 31.7 Å². The van der Waals surface area contributed by atoms with Gasteiger partial charge >= 0.3 is 0 Å². The van der Waals surface area contributed by atoms with E-state index in [1.807, 2.05) is 69.2 Å². The van der Waals surface area contributed by atoms with Crippen LogP contribution in [0.2, 0.25) is 20.1 Å². The van der Waals surface area contributed by atoms with Crippen molar-refractivity contribution in [2.75, 3.05) is 16.8 Å². The molecule has 5 heterocycles. The van der Waals surface area contributed by atoms with E-state index < -0.39 is 22.6 Å². The molecule has 20 heteroatoms. The zero-order valence-corrected chi connectivity index (χ0v) is 50.8. The van der Waals surface area contributed by atoms with Gasteiger partial charge in [-0.25, -0.2) is 13.8 Å². The quantitative estimate of drug-likeness (QED) is 0.0811. The molecule has 0 bridgehead atoms. The first-order valence-corrected chi connectivity index (χ1v) is 27.0. The minimum Gasteiger partial charge on any atom is -0.397 e. The predicted octanol–water partition coefficient (Wildman–Crippen LogP) is 15.8. The summed E-state index contributed by atoms with van der Waals surface area (Å²) < 4.78 is 28.2. The number of nitrogens with two attached hydrogens (primary N) is 2. The summed E-state index contributed by atoms with van der Waals surface area (Å²) in [6, 6.07) is 21.6. The Morgan fingerprint density at radius 1 is 0.537 bits per heavy atom. The lowest BCUT2D eigenvalue weighted by molar-refractivity contribution is -0.126. The first kappa shape index (κ1) is 67.8. The average molecular weight is 1200 g/mol. The summed E-state index contributed by atoms with van der Waals surface area (Å²) in [6.07, 6.45) is 5.39. The van der Waals surface area contributed by atoms with E-state index in [-0.39, 0.29) is 73.7 Å². The summed E-state index contributed by atoms with van der Waals surface area (Å²) in [6.45, 7) is 24.4. The highest BCUT2D eigenvalue weighted by Crippen LogP contribution is 2.32. The van der Waals surface area contributed by atoms with E-state index in [1.165, 1.54) is 42.5 Å². The molecule has 0 saturated heterocycles. The highest BCUT2D eigenvalue weighted by atomic mass is 35.5. The van der Waals surface area contributed by atoms with Gasteiger partial charge in [0.1, 0.15) is 29.0 Å². The third kappa shape index (κ3) is 21.9. The molecule has 0 fully saturated rings. The van der Waals surface area contributed by atoms with Crippen LogP contribution in [0.3, 0.4) is 0 Å². The van der Waals surface area contributed by atoms with Crippen LogP contribution in [-0.4, -0.2) is 41.7 Å². The fourth-order valence-corrected chi connectivity index (χ4v) is 7.28. The van der Waals surface area contributed by atoms with Crippen molar-refractivity contribution >= 4 is 97.7 Å². The SMILES string of the molecule is CC(C)(C)C(=O)Cc1cc(Cl)ccn1.CC(C)(C)C(=O)Cl.CC(C)c1[nH]c(=O)c(-c2cc(Cl)ccc2F)cc1N.CC(C)c1[nH]c(=O)c(-c2cc(Cl)ccc2F)cc1Nc1ccnc(CC(=O)C(C)(C)C)c1.Nc1cc(Cl)ccn1. The number of benzene rings is 2. The van der Waals surface area contributed by atoms with Crippen molar-refractivity contribution in [3.63, 3.8) is 0 Å². The van der Waals surface area contributed by atoms with Crippen LogP contribution in [0.15, 0.2) is 113 Å². The molecule has 0 amide bonds. The monoisotopic (exact) mass is 1190 g/mol. The van der Waals surface area contributed by atoms with Crippen LogP contribution in [0.5, 0.6) is 0 Å². The Kier molecular flexibility index (Phi) is 25.3. The molecule has 5 aromatic heterocycles. The minimum absolute atomic E-state index is 0.00670. The van der Waals surface area contributed by atoms with E-state index in [1.54, 1.807) is 81.8 Å². The third-order valence-electron chi connectivity index (χ3n) is 11.3. The zero-order chi connectivity index (χ0) is 60.6. The van der Waals surface area contributed by atoms with Gasteiger partial charge in [0, 0.05) is 107 Å². The topological polar surface area (TPSA) is 220 Å². The number of halogens is 7. The molecule has 0 radical (unpaired) electrons. The molecule has 0 aliphatic heterocycles. The third-order valence-corrected chi connectivity index (χ3v) is 12.8. The van der Waals surface area contributed by atoms with Crippen LogP contribution in [0, 0.1) is 27.9 Å². The summed E-state index contributed by atoms with van der Waals surface area (Å²) >= 11 is 28.3. The molecule has 7 rings (SSSR count). The van der Waals surface area contributed by atoms with Gasteiger partial charge in [0.25, 0.3) is 11.1 Å². The van der Waals surface area contributed by atoms with E-state index in [9.17, 15) is 32.8 Å². The lowest BCUT2D eigenvalue weighted by Crippen LogP contribution is -2.22. The van der Waals surface area contributed by atoms with E-state index in [4.69, 9.17) is 69.5 Å². The molecule has 0 saturated carbocycles. The van der Waals surface area contributed by atoms with Crippen LogP contribution in [0.25, 0.3) is 22.3 Å². The van der Waals surface area contributed by atoms with Gasteiger partial charge in [-0.3, -0.25) is 33.9 Å². The van der Waals surface area contributed by atoms with Gasteiger partial charge < -0.3 is 26.8 Å². The molecule has 13 nitrogen and oxygen atoms in total. The number of nitrogens with zero attached hydrogens (tertiary/aromatic N) is 3. The second-order valence-corrected chi connectivity index (χ2v) is 24.1. The molecule has 7 N–H and O–H groups in total. The number of anilines is 4. The molecular weight excluding hydrogens is 1130 g/mol. The smallest absolute Gasteiger partial charge is 0.256 e. The maximum atomic E-state index is 14.5. The standard InChI is InChI=1S/C25H27ClFN3O2.C14H14ClFN2O.C11H14ClNO.C5H5ClN2.C5H9ClO/c1-14(2)23-21(13-19(24(32)30-23)18-10-15(26)6-7-20(18)27)29-16-8-9-28-17(11-16)12-22(31)25(3,4)5;1-7(2)13-12(17)6-10(14(19)18-13)9-5-8(15)3-4-11(9)16;1-11(2,3)10(14)7-9-6-8(12)4-5-13-9;6-4-1-2-8-5(7)3-4;1-5(2,3)4(6)7/h6-11,13-14H,12H2,1-5H3,(H,28,29)(H,30,32);3-7H,17H2,1-2H3,(H,18,19);4-6H,7H2,1-3H3;1-3H,(H2,7,8);1-3H3. The molecule has 2 aromatic carbocycles. The largest absolute Gasteiger partial charge is 0.397 e. The number of hydrogen-bond donors (Lipinski definition) is 5. The van der Waals surface area contributed by atoms with Crippen LogP contribution in [-0.2, 0) is 27.2 Å². The Morgan fingerprint density at radius 2 is 0.938 bits per heavy atom. The first-order chi connectivity index (χ1) is 37.0. The number of pyridine rings is 5. The lowest BCUT2D eigenvalue weighted by Gasteiger charge is -2.18. The van der Waals surface area contributed by atoms with Crippen LogP contribution in [0.1, 0.15) is 125 Å². The number of ketones is 2. The van der Waals surface area contributed by atoms with Crippen LogP contribution >= 0.6 is 58.0 Å². The average Bonchev–Trinajstić information content (AvgIpc) is 3.34. The van der Waals surface area contributed by atoms with Crippen molar-refractivity contribution in [3.05, 3.63) is 179 Å². The lowest BCUT2D eigenvalue weighted by atomic mass is 9.88. The zero-order valence-electron chi connectivity index (χ0n) is 47.1. The summed E-state index contributed by atoms with van der Waals surface area (Å²) in [5.74, 6) is -0.225. The molecule has 0 aliphatic carbocycles. The van der Waals surface area contributed by atoms with E-state index in [2.05, 4.69) is 30.2 Å². The van der Waals surface area contributed by atoms with Crippen molar-refractivity contribution in [2.45, 2.75) is 115 Å². The highest BCUT2D eigenvalue weighted by molar-refractivity contribution is 6.64. The maximum Gasteiger partial charge on any atom is 0.256 e. The van der Waals surface area contributed by atoms with Crippen molar-refractivity contribution in [1.29, 1.82) is 0 Å². The Labute approximate surface area is 491 Å². The fraction of sp³-hybridized carbons (Fsp3) is 0.333. The Balaban J connectivity index is 0.000000296. The molecular formula is C60H69Cl5F2N8O5. The molecule has 80 heavy (non-hydrogen) atoms. The van der Waals surface area contributed by atoms with Crippen molar-refractivity contribution in [3.8, 4) is 22.3 Å². The summed E-state index contributed by atoms with van der Waals surface area (Å²) in [5, 5.41) is 4.96. The maximum absolute atomic E-state index is 14.5. The molecule has 0 unspecified atom stereocenters.